The Balaban J connectivity index is 4.08. The Hall–Kier alpha value is -0.620. The van der Waals surface area contributed by atoms with Crippen LogP contribution in [0.15, 0.2) is 0 Å². The molecule has 0 atom stereocenters. The lowest BCUT2D eigenvalue weighted by Crippen LogP contribution is -2.34. The molecule has 0 aliphatic carbocycles. The number of hydrogen-bond acceptors (Lipinski definition) is 4. The van der Waals surface area contributed by atoms with Crippen molar-refractivity contribution in [2.24, 2.45) is 5.73 Å². The zero-order chi connectivity index (χ0) is 11.2. The lowest BCUT2D eigenvalue weighted by atomic mass is 10.4. The van der Waals surface area contributed by atoms with Crippen LogP contribution in [0.1, 0.15) is 13.3 Å². The summed E-state index contributed by atoms with van der Waals surface area (Å²) in [5.41, 5.74) is 5.27. The topological polar surface area (TPSA) is 80.5 Å². The van der Waals surface area contributed by atoms with E-state index >= 15 is 0 Å². The molecule has 2 N–H and O–H groups in total. The van der Waals surface area contributed by atoms with E-state index in [4.69, 9.17) is 5.73 Å². The van der Waals surface area contributed by atoms with Gasteiger partial charge in [-0.15, -0.1) is 0 Å². The molecule has 0 fully saturated rings. The molecule has 14 heavy (non-hydrogen) atoms. The number of sulfone groups is 1. The molecule has 0 radical (unpaired) electrons. The lowest BCUT2D eigenvalue weighted by molar-refractivity contribution is -0.127. The molecule has 0 aliphatic rings. The van der Waals surface area contributed by atoms with Gasteiger partial charge in [-0.05, 0) is 13.0 Å². The van der Waals surface area contributed by atoms with E-state index < -0.39 is 15.6 Å². The maximum atomic E-state index is 11.3. The van der Waals surface area contributed by atoms with Crippen molar-refractivity contribution in [1.29, 1.82) is 0 Å². The smallest absolute Gasteiger partial charge is 0.237 e. The van der Waals surface area contributed by atoms with Crippen molar-refractivity contribution in [3.63, 3.8) is 0 Å². The second kappa shape index (κ2) is 5.98. The van der Waals surface area contributed by atoms with Crippen LogP contribution in [0.5, 0.6) is 0 Å². The number of rotatable bonds is 6. The number of nitrogens with two attached hydrogens (primary N) is 1. The van der Waals surface area contributed by atoms with Crippen LogP contribution >= 0.6 is 0 Å². The van der Waals surface area contributed by atoms with E-state index in [0.717, 1.165) is 0 Å². The molecule has 0 aromatic heterocycles. The highest BCUT2D eigenvalue weighted by molar-refractivity contribution is 7.92. The predicted octanol–water partition coefficient (Wildman–Crippen LogP) is -0.772. The molecule has 0 aromatic rings. The van der Waals surface area contributed by atoms with Gasteiger partial charge in [-0.25, -0.2) is 8.42 Å². The summed E-state index contributed by atoms with van der Waals surface area (Å²) < 4.78 is 22.2. The van der Waals surface area contributed by atoms with Crippen LogP contribution in [0.2, 0.25) is 0 Å². The molecule has 6 heteroatoms. The van der Waals surface area contributed by atoms with Gasteiger partial charge in [0.25, 0.3) is 0 Å². The summed E-state index contributed by atoms with van der Waals surface area (Å²) in [5, 5.41) is 0. The zero-order valence-electron chi connectivity index (χ0n) is 8.69. The molecule has 0 saturated heterocycles. The SMILES string of the molecule is CCS(=O)(=O)CC(=O)N(C)CCCN. The van der Waals surface area contributed by atoms with Crippen molar-refractivity contribution >= 4 is 15.7 Å². The van der Waals surface area contributed by atoms with E-state index in [1.165, 1.54) is 11.8 Å². The van der Waals surface area contributed by atoms with Gasteiger partial charge < -0.3 is 10.6 Å². The predicted molar refractivity (Wildman–Crippen MR) is 55.6 cm³/mol. The third-order valence-electron chi connectivity index (χ3n) is 1.91. The molecule has 0 saturated carbocycles. The second-order valence-electron chi connectivity index (χ2n) is 3.13. The van der Waals surface area contributed by atoms with Gasteiger partial charge in [-0.3, -0.25) is 4.79 Å². The minimum absolute atomic E-state index is 0.00344. The summed E-state index contributed by atoms with van der Waals surface area (Å²) in [7, 11) is -1.62. The summed E-state index contributed by atoms with van der Waals surface area (Å²) in [6, 6.07) is 0. The van der Waals surface area contributed by atoms with E-state index in [-0.39, 0.29) is 11.7 Å². The molecule has 5 nitrogen and oxygen atoms in total. The highest BCUT2D eigenvalue weighted by atomic mass is 32.2. The summed E-state index contributed by atoms with van der Waals surface area (Å²) in [5.74, 6) is -0.756. The zero-order valence-corrected chi connectivity index (χ0v) is 9.51. The van der Waals surface area contributed by atoms with E-state index in [2.05, 4.69) is 0 Å². The van der Waals surface area contributed by atoms with Gasteiger partial charge in [0.05, 0.1) is 0 Å². The summed E-state index contributed by atoms with van der Waals surface area (Å²) in [4.78, 5) is 12.7. The normalized spacial score (nSPS) is 11.4. The van der Waals surface area contributed by atoms with E-state index in [1.54, 1.807) is 7.05 Å². The number of carbonyl (C=O) groups is 1. The van der Waals surface area contributed by atoms with Crippen molar-refractivity contribution in [3.05, 3.63) is 0 Å². The van der Waals surface area contributed by atoms with Crippen molar-refractivity contribution in [1.82, 2.24) is 4.90 Å². The average Bonchev–Trinajstić information content (AvgIpc) is 2.13. The molecule has 84 valence electrons. The average molecular weight is 222 g/mol. The molecule has 0 spiro atoms. The molecule has 0 aliphatic heterocycles. The van der Waals surface area contributed by atoms with Crippen LogP contribution in [-0.2, 0) is 14.6 Å². The van der Waals surface area contributed by atoms with Gasteiger partial charge in [0, 0.05) is 19.3 Å². The second-order valence-corrected chi connectivity index (χ2v) is 5.49. The molecule has 0 heterocycles. The summed E-state index contributed by atoms with van der Waals surface area (Å²) in [6.45, 7) is 2.54. The third-order valence-corrected chi connectivity index (χ3v) is 3.47. The Morgan fingerprint density at radius 1 is 1.43 bits per heavy atom. The summed E-state index contributed by atoms with van der Waals surface area (Å²) >= 11 is 0. The highest BCUT2D eigenvalue weighted by Gasteiger charge is 2.17. The number of hydrogen-bond donors (Lipinski definition) is 1. The molecule has 0 rings (SSSR count). The summed E-state index contributed by atoms with van der Waals surface area (Å²) in [6.07, 6.45) is 0.689. The first-order valence-electron chi connectivity index (χ1n) is 4.57. The fourth-order valence-electron chi connectivity index (χ4n) is 0.854. The molecule has 0 aromatic carbocycles. The van der Waals surface area contributed by atoms with E-state index in [1.807, 2.05) is 0 Å². The molecular weight excluding hydrogens is 204 g/mol. The number of amides is 1. The number of nitrogens with zero attached hydrogens (tertiary/aromatic N) is 1. The van der Waals surface area contributed by atoms with Crippen LogP contribution < -0.4 is 5.73 Å². The minimum Gasteiger partial charge on any atom is -0.345 e. The fourth-order valence-corrected chi connectivity index (χ4v) is 1.65. The van der Waals surface area contributed by atoms with Crippen LogP contribution in [-0.4, -0.2) is 50.9 Å². The Labute approximate surface area is 85.2 Å². The van der Waals surface area contributed by atoms with E-state index in [0.29, 0.717) is 19.5 Å². The van der Waals surface area contributed by atoms with E-state index in [9.17, 15) is 13.2 Å². The molecule has 0 bridgehead atoms. The first-order valence-corrected chi connectivity index (χ1v) is 6.39. The first-order chi connectivity index (χ1) is 6.43. The first kappa shape index (κ1) is 13.4. The minimum atomic E-state index is -3.21. The van der Waals surface area contributed by atoms with Crippen LogP contribution in [0.4, 0.5) is 0 Å². The van der Waals surface area contributed by atoms with Crippen LogP contribution in [0.3, 0.4) is 0 Å². The monoisotopic (exact) mass is 222 g/mol. The fraction of sp³-hybridized carbons (Fsp3) is 0.875. The van der Waals surface area contributed by atoms with Crippen molar-refractivity contribution in [2.75, 3.05) is 31.6 Å². The van der Waals surface area contributed by atoms with Gasteiger partial charge in [0.1, 0.15) is 5.75 Å². The van der Waals surface area contributed by atoms with Gasteiger partial charge in [0.2, 0.25) is 5.91 Å². The maximum Gasteiger partial charge on any atom is 0.237 e. The Morgan fingerprint density at radius 2 is 2.00 bits per heavy atom. The van der Waals surface area contributed by atoms with Gasteiger partial charge in [-0.1, -0.05) is 6.92 Å². The maximum absolute atomic E-state index is 11.3. The van der Waals surface area contributed by atoms with Crippen LogP contribution in [0, 0.1) is 0 Å². The lowest BCUT2D eigenvalue weighted by Gasteiger charge is -2.16. The molecular formula is C8H18N2O3S. The van der Waals surface area contributed by atoms with Crippen molar-refractivity contribution in [2.45, 2.75) is 13.3 Å². The third kappa shape index (κ3) is 5.18. The Kier molecular flexibility index (Phi) is 5.71. The van der Waals surface area contributed by atoms with Gasteiger partial charge >= 0.3 is 0 Å². The quantitative estimate of drug-likeness (QED) is 0.640. The highest BCUT2D eigenvalue weighted by Crippen LogP contribution is 1.94. The Morgan fingerprint density at radius 3 is 2.43 bits per heavy atom. The largest absolute Gasteiger partial charge is 0.345 e. The molecule has 0 unspecified atom stereocenters. The van der Waals surface area contributed by atoms with Crippen LogP contribution in [0.25, 0.3) is 0 Å². The Bertz CT molecular complexity index is 274. The number of carbonyl (C=O) groups excluding carboxylic acids is 1. The van der Waals surface area contributed by atoms with Crippen molar-refractivity contribution < 1.29 is 13.2 Å². The molecule has 1 amide bonds. The standard InChI is InChI=1S/C8H18N2O3S/c1-3-14(12,13)7-8(11)10(2)6-4-5-9/h3-7,9H2,1-2H3. The van der Waals surface area contributed by atoms with Crippen molar-refractivity contribution in [3.8, 4) is 0 Å². The van der Waals surface area contributed by atoms with Gasteiger partial charge in [-0.2, -0.15) is 0 Å². The van der Waals surface area contributed by atoms with Gasteiger partial charge in [0.15, 0.2) is 9.84 Å².